The normalized spacial score (nSPS) is 23.5. The molecule has 0 spiro atoms. The van der Waals surface area contributed by atoms with Crippen LogP contribution in [0.2, 0.25) is 0 Å². The molecule has 2 aliphatic rings. The van der Waals surface area contributed by atoms with Gasteiger partial charge in [-0.05, 0) is 61.6 Å². The van der Waals surface area contributed by atoms with Crippen molar-refractivity contribution in [3.8, 4) is 0 Å². The van der Waals surface area contributed by atoms with Crippen LogP contribution < -0.4 is 4.90 Å². The number of carboxylic acids is 1. The molecule has 0 radical (unpaired) electrons. The Morgan fingerprint density at radius 2 is 1.83 bits per heavy atom. The van der Waals surface area contributed by atoms with Gasteiger partial charge < -0.3 is 10.0 Å². The second-order valence-electron chi connectivity index (χ2n) is 11.0. The Labute approximate surface area is 217 Å². The van der Waals surface area contributed by atoms with Crippen LogP contribution in [0.25, 0.3) is 0 Å². The molecule has 2 fully saturated rings. The molecule has 1 amide bonds. The maximum absolute atomic E-state index is 14.0. The number of anilines is 1. The highest BCUT2D eigenvalue weighted by molar-refractivity contribution is 7.89. The number of nitrogens with zero attached hydrogens (tertiary/aromatic N) is 3. The molecule has 4 rings (SSSR count). The lowest BCUT2D eigenvalue weighted by Crippen LogP contribution is -2.46. The first-order valence-corrected chi connectivity index (χ1v) is 14.8. The van der Waals surface area contributed by atoms with Gasteiger partial charge in [-0.3, -0.25) is 4.79 Å². The fourth-order valence-electron chi connectivity index (χ4n) is 5.05. The number of carbonyl (C=O) groups is 2. The van der Waals surface area contributed by atoms with Crippen LogP contribution in [0.15, 0.2) is 35.5 Å². The van der Waals surface area contributed by atoms with Crippen LogP contribution in [0.4, 0.5) is 5.69 Å². The third kappa shape index (κ3) is 5.35. The van der Waals surface area contributed by atoms with Crippen molar-refractivity contribution in [1.29, 1.82) is 0 Å². The monoisotopic (exact) mass is 533 g/mol. The molecule has 2 aromatic rings. The van der Waals surface area contributed by atoms with E-state index in [0.717, 1.165) is 30.6 Å². The van der Waals surface area contributed by atoms with Gasteiger partial charge in [0, 0.05) is 30.1 Å². The number of carbonyl (C=O) groups excluding carboxylic acids is 1. The summed E-state index contributed by atoms with van der Waals surface area (Å²) in [6.07, 6.45) is 5.31. The predicted octanol–water partition coefficient (Wildman–Crippen LogP) is 4.76. The van der Waals surface area contributed by atoms with Crippen molar-refractivity contribution in [2.24, 2.45) is 11.8 Å². The third-order valence-corrected chi connectivity index (χ3v) is 10.6. The number of aromatic carboxylic acids is 1. The molecule has 1 N–H and O–H groups in total. The Bertz CT molecular complexity index is 1210. The lowest BCUT2D eigenvalue weighted by Gasteiger charge is -2.34. The van der Waals surface area contributed by atoms with E-state index in [4.69, 9.17) is 0 Å². The number of hydrogen-bond acceptors (Lipinski definition) is 6. The summed E-state index contributed by atoms with van der Waals surface area (Å²) < 4.78 is 27.8. The molecular weight excluding hydrogens is 498 g/mol. The molecule has 0 unspecified atom stereocenters. The van der Waals surface area contributed by atoms with Crippen molar-refractivity contribution in [2.45, 2.75) is 76.3 Å². The van der Waals surface area contributed by atoms with Gasteiger partial charge in [-0.15, -0.1) is 11.3 Å². The molecule has 1 atom stereocenters. The van der Waals surface area contributed by atoms with E-state index in [1.54, 1.807) is 17.0 Å². The summed E-state index contributed by atoms with van der Waals surface area (Å²) >= 11 is 1.19. The van der Waals surface area contributed by atoms with Crippen molar-refractivity contribution in [2.75, 3.05) is 18.0 Å². The van der Waals surface area contributed by atoms with E-state index in [9.17, 15) is 23.1 Å². The first-order valence-electron chi connectivity index (χ1n) is 12.5. The molecule has 1 saturated carbocycles. The minimum atomic E-state index is -3.82. The van der Waals surface area contributed by atoms with Gasteiger partial charge in [0.1, 0.15) is 4.88 Å². The average molecular weight is 534 g/mol. The van der Waals surface area contributed by atoms with Gasteiger partial charge in [0.2, 0.25) is 5.91 Å². The Balaban J connectivity index is 1.72. The SMILES string of the molecule is CC1CCC(C(=O)N(c2cc(C(C)(C)C)sc2C(=O)O)[C@H]2CCN(S(=O)(=O)c3ccccn3)C2)CC1. The van der Waals surface area contributed by atoms with E-state index >= 15 is 0 Å². The van der Waals surface area contributed by atoms with Crippen molar-refractivity contribution >= 4 is 38.9 Å². The van der Waals surface area contributed by atoms with Crippen molar-refractivity contribution in [3.05, 3.63) is 40.2 Å². The minimum Gasteiger partial charge on any atom is -0.477 e. The van der Waals surface area contributed by atoms with E-state index < -0.39 is 22.0 Å². The molecule has 3 heterocycles. The van der Waals surface area contributed by atoms with Gasteiger partial charge in [-0.1, -0.05) is 33.8 Å². The van der Waals surface area contributed by atoms with Gasteiger partial charge in [0.25, 0.3) is 10.0 Å². The fourth-order valence-corrected chi connectivity index (χ4v) is 7.52. The number of hydrogen-bond donors (Lipinski definition) is 1. The molecule has 36 heavy (non-hydrogen) atoms. The molecule has 0 bridgehead atoms. The van der Waals surface area contributed by atoms with Crippen molar-refractivity contribution in [3.63, 3.8) is 0 Å². The quantitative estimate of drug-likeness (QED) is 0.574. The van der Waals surface area contributed by atoms with Gasteiger partial charge in [0.15, 0.2) is 5.03 Å². The smallest absolute Gasteiger partial charge is 0.348 e. The Morgan fingerprint density at radius 1 is 1.14 bits per heavy atom. The second-order valence-corrected chi connectivity index (χ2v) is 14.0. The second kappa shape index (κ2) is 10.2. The summed E-state index contributed by atoms with van der Waals surface area (Å²) in [5.74, 6) is -0.792. The number of pyridine rings is 1. The van der Waals surface area contributed by atoms with Crippen LogP contribution in [0.3, 0.4) is 0 Å². The first kappa shape index (κ1) is 26.8. The van der Waals surface area contributed by atoms with Gasteiger partial charge in [0.05, 0.1) is 11.7 Å². The number of aromatic nitrogens is 1. The van der Waals surface area contributed by atoms with Crippen LogP contribution in [0, 0.1) is 11.8 Å². The van der Waals surface area contributed by atoms with Crippen LogP contribution >= 0.6 is 11.3 Å². The number of sulfonamides is 1. The van der Waals surface area contributed by atoms with Gasteiger partial charge in [-0.2, -0.15) is 4.31 Å². The predicted molar refractivity (Wildman–Crippen MR) is 140 cm³/mol. The first-order chi connectivity index (χ1) is 16.9. The summed E-state index contributed by atoms with van der Waals surface area (Å²) in [6.45, 7) is 8.58. The standard InChI is InChI=1S/C26H35N3O5S2/c1-17-8-10-18(11-9-17)24(30)29(20-15-21(26(2,3)4)35-23(20)25(31)32)19-12-14-28(16-19)36(33,34)22-7-5-6-13-27-22/h5-7,13,15,17-19H,8-12,14,16H2,1-4H3,(H,31,32)/t17?,18?,19-/m0/s1. The highest BCUT2D eigenvalue weighted by atomic mass is 32.2. The Hall–Kier alpha value is -2.30. The number of thiophene rings is 1. The van der Waals surface area contributed by atoms with Gasteiger partial charge >= 0.3 is 5.97 Å². The fraction of sp³-hybridized carbons (Fsp3) is 0.577. The van der Waals surface area contributed by atoms with Crippen molar-refractivity contribution < 1.29 is 23.1 Å². The number of carboxylic acid groups (broad SMARTS) is 1. The number of amides is 1. The van der Waals surface area contributed by atoms with E-state index in [0.29, 0.717) is 18.0 Å². The molecule has 1 aliphatic carbocycles. The number of rotatable bonds is 6. The zero-order valence-corrected chi connectivity index (χ0v) is 22.9. The Morgan fingerprint density at radius 3 is 2.42 bits per heavy atom. The highest BCUT2D eigenvalue weighted by Crippen LogP contribution is 2.41. The van der Waals surface area contributed by atoms with Crippen LogP contribution in [-0.4, -0.2) is 53.8 Å². The van der Waals surface area contributed by atoms with Crippen LogP contribution in [0.5, 0.6) is 0 Å². The molecule has 2 aromatic heterocycles. The lowest BCUT2D eigenvalue weighted by atomic mass is 9.82. The summed E-state index contributed by atoms with van der Waals surface area (Å²) in [5, 5.41) is 10.0. The summed E-state index contributed by atoms with van der Waals surface area (Å²) in [7, 11) is -3.82. The van der Waals surface area contributed by atoms with E-state index in [1.807, 2.05) is 26.8 Å². The Kier molecular flexibility index (Phi) is 7.60. The van der Waals surface area contributed by atoms with E-state index in [-0.39, 0.29) is 40.2 Å². The summed E-state index contributed by atoms with van der Waals surface area (Å²) in [4.78, 5) is 33.0. The summed E-state index contributed by atoms with van der Waals surface area (Å²) in [6, 6.07) is 6.13. The third-order valence-electron chi connectivity index (χ3n) is 7.24. The molecule has 0 aromatic carbocycles. The van der Waals surface area contributed by atoms with E-state index in [1.165, 1.54) is 27.9 Å². The molecule has 1 aliphatic heterocycles. The molecule has 196 valence electrons. The van der Waals surface area contributed by atoms with Crippen LogP contribution in [0.1, 0.15) is 74.3 Å². The molecule has 1 saturated heterocycles. The molecule has 10 heteroatoms. The molecule has 8 nitrogen and oxygen atoms in total. The average Bonchev–Trinajstić information content (AvgIpc) is 3.49. The largest absolute Gasteiger partial charge is 0.477 e. The van der Waals surface area contributed by atoms with Crippen molar-refractivity contribution in [1.82, 2.24) is 9.29 Å². The molecular formula is C26H35N3O5S2. The van der Waals surface area contributed by atoms with E-state index in [2.05, 4.69) is 11.9 Å². The maximum Gasteiger partial charge on any atom is 0.348 e. The summed E-state index contributed by atoms with van der Waals surface area (Å²) in [5.41, 5.74) is 0.106. The zero-order chi connectivity index (χ0) is 26.3. The minimum absolute atomic E-state index is 0.0263. The lowest BCUT2D eigenvalue weighted by molar-refractivity contribution is -0.124. The maximum atomic E-state index is 14.0. The zero-order valence-electron chi connectivity index (χ0n) is 21.3. The van der Waals surface area contributed by atoms with Crippen LogP contribution in [-0.2, 0) is 20.2 Å². The van der Waals surface area contributed by atoms with Gasteiger partial charge in [-0.25, -0.2) is 18.2 Å². The highest BCUT2D eigenvalue weighted by Gasteiger charge is 2.42. The topological polar surface area (TPSA) is 108 Å².